The van der Waals surface area contributed by atoms with Gasteiger partial charge >= 0.3 is 0 Å². The second-order valence-corrected chi connectivity index (χ2v) is 6.18. The minimum Gasteiger partial charge on any atom is -0.323 e. The van der Waals surface area contributed by atoms with Crippen molar-refractivity contribution < 1.29 is 4.79 Å². The van der Waals surface area contributed by atoms with Crippen LogP contribution in [0.2, 0.25) is 0 Å². The Hall–Kier alpha value is -2.40. The number of nitrogens with zero attached hydrogens (tertiary/aromatic N) is 2. The van der Waals surface area contributed by atoms with Gasteiger partial charge in [-0.3, -0.25) is 9.48 Å². The van der Waals surface area contributed by atoms with Crippen molar-refractivity contribution in [1.29, 1.82) is 0 Å². The summed E-state index contributed by atoms with van der Waals surface area (Å²) in [6, 6.07) is 17.8. The zero-order valence-corrected chi connectivity index (χ0v) is 14.0. The number of rotatable bonds is 5. The normalized spacial score (nSPS) is 10.5. The second-order valence-electron chi connectivity index (χ2n) is 5.26. The molecule has 116 valence electrons. The van der Waals surface area contributed by atoms with E-state index in [1.807, 2.05) is 65.5 Å². The first-order valence-corrected chi connectivity index (χ1v) is 8.09. The quantitative estimate of drug-likeness (QED) is 0.741. The van der Waals surface area contributed by atoms with Crippen LogP contribution in [0.15, 0.2) is 71.5 Å². The number of benzene rings is 2. The van der Waals surface area contributed by atoms with E-state index in [9.17, 15) is 4.79 Å². The van der Waals surface area contributed by atoms with Gasteiger partial charge in [-0.2, -0.15) is 5.10 Å². The highest BCUT2D eigenvalue weighted by molar-refractivity contribution is 9.10. The van der Waals surface area contributed by atoms with Crippen molar-refractivity contribution in [2.45, 2.75) is 13.0 Å². The van der Waals surface area contributed by atoms with E-state index in [-0.39, 0.29) is 5.91 Å². The average Bonchev–Trinajstić information content (AvgIpc) is 2.97. The number of amides is 1. The van der Waals surface area contributed by atoms with Crippen molar-refractivity contribution in [1.82, 2.24) is 9.78 Å². The van der Waals surface area contributed by atoms with E-state index < -0.39 is 0 Å². The molecule has 1 aromatic heterocycles. The van der Waals surface area contributed by atoms with E-state index in [1.165, 1.54) is 5.56 Å². The number of nitrogens with one attached hydrogen (secondary N) is 1. The second kappa shape index (κ2) is 7.24. The van der Waals surface area contributed by atoms with Crippen molar-refractivity contribution in [2.24, 2.45) is 0 Å². The third kappa shape index (κ3) is 4.53. The molecule has 0 aliphatic heterocycles. The average molecular weight is 370 g/mol. The molecule has 3 aromatic rings. The van der Waals surface area contributed by atoms with E-state index in [0.29, 0.717) is 18.7 Å². The van der Waals surface area contributed by atoms with Crippen LogP contribution in [0.1, 0.15) is 11.1 Å². The summed E-state index contributed by atoms with van der Waals surface area (Å²) >= 11 is 3.38. The number of carbonyl (C=O) groups is 1. The topological polar surface area (TPSA) is 46.9 Å². The molecule has 0 radical (unpaired) electrons. The minimum atomic E-state index is -0.0495. The maximum atomic E-state index is 12.1. The summed E-state index contributed by atoms with van der Waals surface area (Å²) in [5, 5.41) is 7.16. The fourth-order valence-corrected chi connectivity index (χ4v) is 2.54. The predicted molar refractivity (Wildman–Crippen MR) is 94.2 cm³/mol. The molecule has 5 heteroatoms. The van der Waals surface area contributed by atoms with Crippen molar-refractivity contribution in [3.8, 4) is 0 Å². The van der Waals surface area contributed by atoms with Crippen LogP contribution in [0.4, 0.5) is 5.69 Å². The molecule has 0 spiro atoms. The number of carbonyl (C=O) groups excluding carboxylic acids is 1. The van der Waals surface area contributed by atoms with E-state index >= 15 is 0 Å². The molecule has 0 atom stereocenters. The SMILES string of the molecule is O=C(Cc1ccc(Br)cc1)Nc1cnn(Cc2ccccc2)c1. The molecule has 3 rings (SSSR count). The fraction of sp³-hybridized carbons (Fsp3) is 0.111. The molecule has 0 saturated heterocycles. The molecule has 23 heavy (non-hydrogen) atoms. The summed E-state index contributed by atoms with van der Waals surface area (Å²) in [6.07, 6.45) is 3.85. The Bertz CT molecular complexity index is 782. The Morgan fingerprint density at radius 1 is 1.04 bits per heavy atom. The van der Waals surface area contributed by atoms with Crippen LogP contribution < -0.4 is 5.32 Å². The van der Waals surface area contributed by atoms with E-state index in [0.717, 1.165) is 10.0 Å². The van der Waals surface area contributed by atoms with Crippen LogP contribution in [0.3, 0.4) is 0 Å². The molecule has 1 amide bonds. The lowest BCUT2D eigenvalue weighted by molar-refractivity contribution is -0.115. The van der Waals surface area contributed by atoms with Crippen molar-refractivity contribution in [3.05, 3.63) is 82.6 Å². The smallest absolute Gasteiger partial charge is 0.228 e. The summed E-state index contributed by atoms with van der Waals surface area (Å²) in [6.45, 7) is 0.684. The van der Waals surface area contributed by atoms with Crippen molar-refractivity contribution >= 4 is 27.5 Å². The van der Waals surface area contributed by atoms with Crippen molar-refractivity contribution in [3.63, 3.8) is 0 Å². The highest BCUT2D eigenvalue weighted by atomic mass is 79.9. The van der Waals surface area contributed by atoms with Gasteiger partial charge < -0.3 is 5.32 Å². The number of hydrogen-bond donors (Lipinski definition) is 1. The van der Waals surface area contributed by atoms with Gasteiger partial charge in [-0.25, -0.2) is 0 Å². The molecule has 2 aromatic carbocycles. The first-order valence-electron chi connectivity index (χ1n) is 7.30. The lowest BCUT2D eigenvalue weighted by Crippen LogP contribution is -2.13. The molecular weight excluding hydrogens is 354 g/mol. The maximum Gasteiger partial charge on any atom is 0.228 e. The van der Waals surface area contributed by atoms with E-state index in [4.69, 9.17) is 0 Å². The summed E-state index contributed by atoms with van der Waals surface area (Å²) in [7, 11) is 0. The molecule has 0 saturated carbocycles. The minimum absolute atomic E-state index is 0.0495. The molecule has 4 nitrogen and oxygen atoms in total. The number of hydrogen-bond acceptors (Lipinski definition) is 2. The molecule has 0 aliphatic rings. The lowest BCUT2D eigenvalue weighted by Gasteiger charge is -2.03. The Kier molecular flexibility index (Phi) is 4.88. The molecule has 0 unspecified atom stereocenters. The third-order valence-corrected chi connectivity index (χ3v) is 3.91. The molecule has 1 N–H and O–H groups in total. The first kappa shape index (κ1) is 15.5. The first-order chi connectivity index (χ1) is 11.2. The molecule has 0 fully saturated rings. The van der Waals surface area contributed by atoms with Gasteiger partial charge in [0.15, 0.2) is 0 Å². The van der Waals surface area contributed by atoms with Gasteiger partial charge in [0.1, 0.15) is 0 Å². The van der Waals surface area contributed by atoms with Crippen LogP contribution in [-0.2, 0) is 17.8 Å². The molecule has 0 bridgehead atoms. The van der Waals surface area contributed by atoms with Gasteiger partial charge in [-0.05, 0) is 23.3 Å². The Balaban J connectivity index is 1.58. The summed E-state index contributed by atoms with van der Waals surface area (Å²) in [4.78, 5) is 12.1. The zero-order chi connectivity index (χ0) is 16.1. The molecular formula is C18H16BrN3O. The zero-order valence-electron chi connectivity index (χ0n) is 12.4. The highest BCUT2D eigenvalue weighted by Crippen LogP contribution is 2.12. The standard InChI is InChI=1S/C18H16BrN3O/c19-16-8-6-14(7-9-16)10-18(23)21-17-11-20-22(13-17)12-15-4-2-1-3-5-15/h1-9,11,13H,10,12H2,(H,21,23). The van der Waals surface area contributed by atoms with Crippen LogP contribution in [0.5, 0.6) is 0 Å². The Labute approximate surface area is 143 Å². The Morgan fingerprint density at radius 3 is 2.52 bits per heavy atom. The summed E-state index contributed by atoms with van der Waals surface area (Å²) in [5.41, 5.74) is 2.86. The Morgan fingerprint density at radius 2 is 1.78 bits per heavy atom. The van der Waals surface area contributed by atoms with E-state index in [2.05, 4.69) is 26.3 Å². The monoisotopic (exact) mass is 369 g/mol. The summed E-state index contributed by atoms with van der Waals surface area (Å²) in [5.74, 6) is -0.0495. The third-order valence-electron chi connectivity index (χ3n) is 3.38. The van der Waals surface area contributed by atoms with E-state index in [1.54, 1.807) is 6.20 Å². The lowest BCUT2D eigenvalue weighted by atomic mass is 10.1. The van der Waals surface area contributed by atoms with Gasteiger partial charge in [0.2, 0.25) is 5.91 Å². The largest absolute Gasteiger partial charge is 0.323 e. The van der Waals surface area contributed by atoms with Gasteiger partial charge in [0.25, 0.3) is 0 Å². The maximum absolute atomic E-state index is 12.1. The highest BCUT2D eigenvalue weighted by Gasteiger charge is 2.06. The molecule has 0 aliphatic carbocycles. The van der Waals surface area contributed by atoms with Crippen LogP contribution >= 0.6 is 15.9 Å². The van der Waals surface area contributed by atoms with Crippen molar-refractivity contribution in [2.75, 3.05) is 5.32 Å². The van der Waals surface area contributed by atoms with Gasteiger partial charge in [-0.1, -0.05) is 58.4 Å². The van der Waals surface area contributed by atoms with Crippen LogP contribution in [0, 0.1) is 0 Å². The van der Waals surface area contributed by atoms with Crippen LogP contribution in [-0.4, -0.2) is 15.7 Å². The molecule has 1 heterocycles. The van der Waals surface area contributed by atoms with Gasteiger partial charge in [-0.15, -0.1) is 0 Å². The van der Waals surface area contributed by atoms with Gasteiger partial charge in [0.05, 0.1) is 24.8 Å². The number of anilines is 1. The summed E-state index contributed by atoms with van der Waals surface area (Å²) < 4.78 is 2.81. The fourth-order valence-electron chi connectivity index (χ4n) is 2.28. The number of aromatic nitrogens is 2. The predicted octanol–water partition coefficient (Wildman–Crippen LogP) is 3.88. The number of halogens is 1. The van der Waals surface area contributed by atoms with Gasteiger partial charge in [0, 0.05) is 10.7 Å². The van der Waals surface area contributed by atoms with Crippen LogP contribution in [0.25, 0.3) is 0 Å².